The monoisotopic (exact) mass is 326 g/mol. The van der Waals surface area contributed by atoms with Crippen LogP contribution in [-0.2, 0) is 0 Å². The maximum Gasteiger partial charge on any atom is 0.157 e. The fourth-order valence-corrected chi connectivity index (χ4v) is 4.75. The van der Waals surface area contributed by atoms with Gasteiger partial charge in [0.15, 0.2) is 23.0 Å². The molecule has 2 aliphatic rings. The lowest BCUT2D eigenvalue weighted by atomic mass is 9.89. The van der Waals surface area contributed by atoms with Crippen LogP contribution in [0.1, 0.15) is 48.6 Å². The SMILES string of the molecule is Oc1ccc(C2CC3CC(c4ccc(O)c(O)c4)CC3C2)cc1O. The van der Waals surface area contributed by atoms with Gasteiger partial charge in [-0.15, -0.1) is 0 Å². The number of fused-ring (bicyclic) bond motifs is 1. The minimum Gasteiger partial charge on any atom is -0.504 e. The zero-order valence-electron chi connectivity index (χ0n) is 13.4. The molecule has 2 aromatic rings. The molecular weight excluding hydrogens is 304 g/mol. The van der Waals surface area contributed by atoms with Crippen LogP contribution in [0.15, 0.2) is 36.4 Å². The zero-order valence-corrected chi connectivity index (χ0v) is 13.4. The summed E-state index contributed by atoms with van der Waals surface area (Å²) in [6, 6.07) is 10.3. The van der Waals surface area contributed by atoms with Gasteiger partial charge >= 0.3 is 0 Å². The molecule has 0 amide bonds. The molecule has 0 saturated heterocycles. The van der Waals surface area contributed by atoms with E-state index in [1.54, 1.807) is 24.3 Å². The summed E-state index contributed by atoms with van der Waals surface area (Å²) in [5, 5.41) is 38.3. The van der Waals surface area contributed by atoms with Gasteiger partial charge in [-0.1, -0.05) is 12.1 Å². The van der Waals surface area contributed by atoms with Crippen LogP contribution in [-0.4, -0.2) is 20.4 Å². The first-order chi connectivity index (χ1) is 11.5. The van der Waals surface area contributed by atoms with Crippen LogP contribution in [0.5, 0.6) is 23.0 Å². The summed E-state index contributed by atoms with van der Waals surface area (Å²) >= 11 is 0. The highest BCUT2D eigenvalue weighted by atomic mass is 16.3. The highest BCUT2D eigenvalue weighted by Crippen LogP contribution is 2.55. The Labute approximate surface area is 141 Å². The van der Waals surface area contributed by atoms with Crippen LogP contribution in [0.4, 0.5) is 0 Å². The van der Waals surface area contributed by atoms with E-state index < -0.39 is 0 Å². The molecule has 0 aliphatic heterocycles. The van der Waals surface area contributed by atoms with Crippen LogP contribution in [0.3, 0.4) is 0 Å². The predicted octanol–water partition coefficient (Wildman–Crippen LogP) is 4.20. The number of hydrogen-bond donors (Lipinski definition) is 4. The Hall–Kier alpha value is -2.36. The van der Waals surface area contributed by atoms with Gasteiger partial charge in [-0.05, 0) is 84.7 Å². The number of aromatic hydroxyl groups is 4. The molecule has 0 aromatic heterocycles. The van der Waals surface area contributed by atoms with Crippen molar-refractivity contribution in [3.8, 4) is 23.0 Å². The molecule has 0 bridgehead atoms. The van der Waals surface area contributed by atoms with Crippen molar-refractivity contribution < 1.29 is 20.4 Å². The molecule has 4 heteroatoms. The number of rotatable bonds is 2. The van der Waals surface area contributed by atoms with Crippen molar-refractivity contribution in [3.05, 3.63) is 47.5 Å². The summed E-state index contributed by atoms with van der Waals surface area (Å²) in [6.07, 6.45) is 4.43. The van der Waals surface area contributed by atoms with E-state index in [4.69, 9.17) is 0 Å². The Morgan fingerprint density at radius 2 is 0.917 bits per heavy atom. The molecule has 0 spiro atoms. The molecule has 4 rings (SSSR count). The molecule has 2 aliphatic carbocycles. The second-order valence-electron chi connectivity index (χ2n) is 7.35. The van der Waals surface area contributed by atoms with E-state index in [9.17, 15) is 20.4 Å². The van der Waals surface area contributed by atoms with E-state index in [-0.39, 0.29) is 23.0 Å². The lowest BCUT2D eigenvalue weighted by Gasteiger charge is -2.16. The third kappa shape index (κ3) is 2.56. The third-order valence-electron chi connectivity index (χ3n) is 5.96. The van der Waals surface area contributed by atoms with E-state index in [0.29, 0.717) is 23.7 Å². The average molecular weight is 326 g/mol. The lowest BCUT2D eigenvalue weighted by molar-refractivity contribution is 0.402. The van der Waals surface area contributed by atoms with Crippen molar-refractivity contribution in [2.75, 3.05) is 0 Å². The molecule has 2 saturated carbocycles. The first kappa shape index (κ1) is 15.2. The van der Waals surface area contributed by atoms with Gasteiger partial charge in [0, 0.05) is 0 Å². The van der Waals surface area contributed by atoms with E-state index in [1.807, 2.05) is 12.1 Å². The van der Waals surface area contributed by atoms with Gasteiger partial charge in [0.05, 0.1) is 0 Å². The molecule has 4 N–H and O–H groups in total. The second-order valence-corrected chi connectivity index (χ2v) is 7.35. The molecular formula is C20H22O4. The van der Waals surface area contributed by atoms with Crippen LogP contribution < -0.4 is 0 Å². The maximum absolute atomic E-state index is 9.71. The molecule has 0 radical (unpaired) electrons. The van der Waals surface area contributed by atoms with Crippen LogP contribution in [0.2, 0.25) is 0 Å². The first-order valence-electron chi connectivity index (χ1n) is 8.55. The Balaban J connectivity index is 1.46. The van der Waals surface area contributed by atoms with Gasteiger partial charge in [-0.3, -0.25) is 0 Å². The topological polar surface area (TPSA) is 80.9 Å². The molecule has 0 atom stereocenters. The fourth-order valence-electron chi connectivity index (χ4n) is 4.75. The predicted molar refractivity (Wildman–Crippen MR) is 90.5 cm³/mol. The van der Waals surface area contributed by atoms with Crippen molar-refractivity contribution in [1.29, 1.82) is 0 Å². The largest absolute Gasteiger partial charge is 0.504 e. The summed E-state index contributed by atoms with van der Waals surface area (Å²) in [4.78, 5) is 0. The Morgan fingerprint density at radius 3 is 1.25 bits per heavy atom. The number of hydrogen-bond acceptors (Lipinski definition) is 4. The van der Waals surface area contributed by atoms with Gasteiger partial charge in [0.25, 0.3) is 0 Å². The number of benzene rings is 2. The van der Waals surface area contributed by atoms with E-state index in [2.05, 4.69) is 0 Å². The molecule has 24 heavy (non-hydrogen) atoms. The van der Waals surface area contributed by atoms with Crippen LogP contribution in [0, 0.1) is 11.8 Å². The number of phenols is 4. The number of phenolic OH excluding ortho intramolecular Hbond substituents is 4. The molecule has 126 valence electrons. The maximum atomic E-state index is 9.71. The second kappa shape index (κ2) is 5.62. The lowest BCUT2D eigenvalue weighted by Crippen LogP contribution is -1.99. The zero-order chi connectivity index (χ0) is 16.8. The van der Waals surface area contributed by atoms with Crippen molar-refractivity contribution in [1.82, 2.24) is 0 Å². The van der Waals surface area contributed by atoms with Gasteiger partial charge < -0.3 is 20.4 Å². The van der Waals surface area contributed by atoms with Crippen LogP contribution in [0.25, 0.3) is 0 Å². The summed E-state index contributed by atoms with van der Waals surface area (Å²) in [6.45, 7) is 0. The summed E-state index contributed by atoms with van der Waals surface area (Å²) in [7, 11) is 0. The Kier molecular flexibility index (Phi) is 3.56. The smallest absolute Gasteiger partial charge is 0.157 e. The van der Waals surface area contributed by atoms with Gasteiger partial charge in [-0.25, -0.2) is 0 Å². The van der Waals surface area contributed by atoms with E-state index in [0.717, 1.165) is 36.8 Å². The quantitative estimate of drug-likeness (QED) is 0.624. The van der Waals surface area contributed by atoms with Crippen molar-refractivity contribution in [2.45, 2.75) is 37.5 Å². The highest BCUT2D eigenvalue weighted by Gasteiger charge is 2.42. The van der Waals surface area contributed by atoms with E-state index in [1.165, 1.54) is 0 Å². The summed E-state index contributed by atoms with van der Waals surface area (Å²) < 4.78 is 0. The standard InChI is InChI=1S/C20H22O4/c21-17-3-1-11(9-19(17)23)13-5-15-7-14(8-16(15)6-13)12-2-4-18(22)20(24)10-12/h1-4,9-10,13-16,21-24H,5-8H2. The van der Waals surface area contributed by atoms with Crippen molar-refractivity contribution >= 4 is 0 Å². The van der Waals surface area contributed by atoms with Crippen molar-refractivity contribution in [2.24, 2.45) is 11.8 Å². The highest BCUT2D eigenvalue weighted by molar-refractivity contribution is 5.43. The molecule has 0 heterocycles. The third-order valence-corrected chi connectivity index (χ3v) is 5.96. The summed E-state index contributed by atoms with van der Waals surface area (Å²) in [5.41, 5.74) is 2.22. The van der Waals surface area contributed by atoms with Crippen molar-refractivity contribution in [3.63, 3.8) is 0 Å². The minimum atomic E-state index is -0.0656. The molecule has 2 fully saturated rings. The van der Waals surface area contributed by atoms with Gasteiger partial charge in [0.2, 0.25) is 0 Å². The summed E-state index contributed by atoms with van der Waals surface area (Å²) in [5.74, 6) is 2.00. The van der Waals surface area contributed by atoms with E-state index >= 15 is 0 Å². The first-order valence-corrected chi connectivity index (χ1v) is 8.55. The molecule has 4 nitrogen and oxygen atoms in total. The normalized spacial score (nSPS) is 28.8. The van der Waals surface area contributed by atoms with Crippen LogP contribution >= 0.6 is 0 Å². The average Bonchev–Trinajstić information content (AvgIpc) is 3.11. The molecule has 0 unspecified atom stereocenters. The molecule has 2 aromatic carbocycles. The van der Waals surface area contributed by atoms with Gasteiger partial charge in [0.1, 0.15) is 0 Å². The fraction of sp³-hybridized carbons (Fsp3) is 0.400. The minimum absolute atomic E-state index is 0.0398. The Bertz CT molecular complexity index is 693. The Morgan fingerprint density at radius 1 is 0.542 bits per heavy atom. The van der Waals surface area contributed by atoms with Gasteiger partial charge in [-0.2, -0.15) is 0 Å².